The molecule has 0 bridgehead atoms. The zero-order valence-corrected chi connectivity index (χ0v) is 13.2. The fourth-order valence-electron chi connectivity index (χ4n) is 2.38. The number of hydrogen-bond donors (Lipinski definition) is 2. The monoisotopic (exact) mass is 304 g/mol. The molecule has 1 fully saturated rings. The van der Waals surface area contributed by atoms with E-state index in [9.17, 15) is 9.59 Å². The Morgan fingerprint density at radius 3 is 2.73 bits per heavy atom. The highest BCUT2D eigenvalue weighted by molar-refractivity contribution is 5.82. The highest BCUT2D eigenvalue weighted by atomic mass is 16.5. The average molecular weight is 304 g/mol. The minimum atomic E-state index is -0.0351. The standard InChI is InChI=1S/C17H24N2O3/c1-12-10-15(12)17(21)19-9-7-16(20)18-8-6-13-4-3-5-14(11-13)22-2/h3-5,11-12,15H,6-10H2,1-2H3,(H,18,20)(H,19,21)/t12-,15+/m0/s1. The number of nitrogens with one attached hydrogen (secondary N) is 2. The number of amides is 2. The van der Waals surface area contributed by atoms with Crippen LogP contribution in [0.4, 0.5) is 0 Å². The maximum atomic E-state index is 11.7. The van der Waals surface area contributed by atoms with Crippen LogP contribution in [0.5, 0.6) is 5.75 Å². The van der Waals surface area contributed by atoms with Crippen LogP contribution in [0.2, 0.25) is 0 Å². The Kier molecular flexibility index (Phi) is 5.81. The van der Waals surface area contributed by atoms with Gasteiger partial charge >= 0.3 is 0 Å². The normalized spacial score (nSPS) is 19.4. The third-order valence-corrected chi connectivity index (χ3v) is 3.97. The maximum Gasteiger partial charge on any atom is 0.223 e. The highest BCUT2D eigenvalue weighted by Crippen LogP contribution is 2.37. The predicted molar refractivity (Wildman–Crippen MR) is 84.6 cm³/mol. The van der Waals surface area contributed by atoms with Crippen molar-refractivity contribution in [1.82, 2.24) is 10.6 Å². The molecule has 1 aliphatic carbocycles. The molecule has 5 heteroatoms. The van der Waals surface area contributed by atoms with Crippen molar-refractivity contribution in [3.8, 4) is 5.75 Å². The van der Waals surface area contributed by atoms with Crippen molar-refractivity contribution in [2.75, 3.05) is 20.2 Å². The van der Waals surface area contributed by atoms with Crippen LogP contribution in [0.15, 0.2) is 24.3 Å². The minimum Gasteiger partial charge on any atom is -0.497 e. The Morgan fingerprint density at radius 2 is 2.05 bits per heavy atom. The second-order valence-corrected chi connectivity index (χ2v) is 5.81. The molecule has 22 heavy (non-hydrogen) atoms. The number of ether oxygens (including phenoxy) is 1. The number of hydrogen-bond acceptors (Lipinski definition) is 3. The summed E-state index contributed by atoms with van der Waals surface area (Å²) in [5, 5.41) is 5.68. The first-order chi connectivity index (χ1) is 10.6. The van der Waals surface area contributed by atoms with Crippen molar-refractivity contribution in [1.29, 1.82) is 0 Å². The van der Waals surface area contributed by atoms with Gasteiger partial charge in [-0.05, 0) is 36.5 Å². The Balaban J connectivity index is 1.58. The smallest absolute Gasteiger partial charge is 0.223 e. The summed E-state index contributed by atoms with van der Waals surface area (Å²) < 4.78 is 5.16. The Labute approximate surface area is 131 Å². The second-order valence-electron chi connectivity index (χ2n) is 5.81. The van der Waals surface area contributed by atoms with Gasteiger partial charge in [0.15, 0.2) is 0 Å². The molecule has 0 heterocycles. The molecule has 1 aromatic carbocycles. The summed E-state index contributed by atoms with van der Waals surface area (Å²) in [6, 6.07) is 7.80. The van der Waals surface area contributed by atoms with Crippen LogP contribution in [0.3, 0.4) is 0 Å². The SMILES string of the molecule is COc1cccc(CCNC(=O)CCNC(=O)[C@@H]2C[C@@H]2C)c1. The molecule has 0 spiro atoms. The zero-order chi connectivity index (χ0) is 15.9. The molecule has 0 unspecified atom stereocenters. The van der Waals surface area contributed by atoms with Gasteiger partial charge in [-0.2, -0.15) is 0 Å². The van der Waals surface area contributed by atoms with Crippen molar-refractivity contribution < 1.29 is 14.3 Å². The van der Waals surface area contributed by atoms with E-state index in [0.29, 0.717) is 25.4 Å². The molecule has 0 aromatic heterocycles. The van der Waals surface area contributed by atoms with Crippen molar-refractivity contribution in [3.05, 3.63) is 29.8 Å². The number of carbonyl (C=O) groups is 2. The Bertz CT molecular complexity index is 530. The molecule has 5 nitrogen and oxygen atoms in total. The van der Waals surface area contributed by atoms with Gasteiger partial charge in [-0.15, -0.1) is 0 Å². The van der Waals surface area contributed by atoms with Gasteiger partial charge in [0, 0.05) is 25.4 Å². The lowest BCUT2D eigenvalue weighted by Crippen LogP contribution is -2.32. The molecule has 2 amide bonds. The fourth-order valence-corrected chi connectivity index (χ4v) is 2.38. The topological polar surface area (TPSA) is 67.4 Å². The number of carbonyl (C=O) groups excluding carboxylic acids is 2. The summed E-state index contributed by atoms with van der Waals surface area (Å²) in [6.07, 6.45) is 2.05. The van der Waals surface area contributed by atoms with E-state index < -0.39 is 0 Å². The van der Waals surface area contributed by atoms with Crippen LogP contribution in [0.1, 0.15) is 25.3 Å². The molecule has 0 radical (unpaired) electrons. The van der Waals surface area contributed by atoms with E-state index in [1.165, 1.54) is 0 Å². The quantitative estimate of drug-likeness (QED) is 0.765. The van der Waals surface area contributed by atoms with E-state index in [1.54, 1.807) is 7.11 Å². The van der Waals surface area contributed by atoms with Crippen molar-refractivity contribution in [3.63, 3.8) is 0 Å². The van der Waals surface area contributed by atoms with Crippen LogP contribution in [0.25, 0.3) is 0 Å². The molecule has 0 aliphatic heterocycles. The molecule has 1 saturated carbocycles. The van der Waals surface area contributed by atoms with Gasteiger partial charge in [-0.3, -0.25) is 9.59 Å². The first kappa shape index (κ1) is 16.3. The molecular formula is C17H24N2O3. The third-order valence-electron chi connectivity index (χ3n) is 3.97. The van der Waals surface area contributed by atoms with Gasteiger partial charge in [0.2, 0.25) is 11.8 Å². The van der Waals surface area contributed by atoms with E-state index in [1.807, 2.05) is 24.3 Å². The first-order valence-electron chi connectivity index (χ1n) is 7.77. The molecule has 1 aromatic rings. The van der Waals surface area contributed by atoms with E-state index >= 15 is 0 Å². The first-order valence-corrected chi connectivity index (χ1v) is 7.77. The molecule has 2 N–H and O–H groups in total. The average Bonchev–Trinajstić information content (AvgIpc) is 3.24. The molecular weight excluding hydrogens is 280 g/mol. The third kappa shape index (κ3) is 5.06. The summed E-state index contributed by atoms with van der Waals surface area (Å²) in [7, 11) is 1.64. The maximum absolute atomic E-state index is 11.7. The van der Waals surface area contributed by atoms with Gasteiger partial charge in [-0.25, -0.2) is 0 Å². The van der Waals surface area contributed by atoms with Crippen molar-refractivity contribution >= 4 is 11.8 Å². The number of rotatable bonds is 8. The summed E-state index contributed by atoms with van der Waals surface area (Å²) >= 11 is 0. The molecule has 120 valence electrons. The number of benzene rings is 1. The van der Waals surface area contributed by atoms with Crippen molar-refractivity contribution in [2.24, 2.45) is 11.8 Å². The molecule has 0 saturated heterocycles. The molecule has 1 aliphatic rings. The lowest BCUT2D eigenvalue weighted by atomic mass is 10.1. The second kappa shape index (κ2) is 7.82. The lowest BCUT2D eigenvalue weighted by Gasteiger charge is -2.07. The molecule has 2 rings (SSSR count). The summed E-state index contributed by atoms with van der Waals surface area (Å²) in [5.41, 5.74) is 1.12. The van der Waals surface area contributed by atoms with Crippen LogP contribution in [0, 0.1) is 11.8 Å². The predicted octanol–water partition coefficient (Wildman–Crippen LogP) is 1.52. The van der Waals surface area contributed by atoms with E-state index in [-0.39, 0.29) is 17.7 Å². The Morgan fingerprint density at radius 1 is 1.27 bits per heavy atom. The van der Waals surface area contributed by atoms with E-state index in [2.05, 4.69) is 17.6 Å². The van der Waals surface area contributed by atoms with E-state index in [4.69, 9.17) is 4.74 Å². The van der Waals surface area contributed by atoms with Crippen LogP contribution < -0.4 is 15.4 Å². The van der Waals surface area contributed by atoms with Gasteiger partial charge in [0.05, 0.1) is 7.11 Å². The van der Waals surface area contributed by atoms with Gasteiger partial charge in [0.25, 0.3) is 0 Å². The summed E-state index contributed by atoms with van der Waals surface area (Å²) in [6.45, 7) is 3.06. The highest BCUT2D eigenvalue weighted by Gasteiger charge is 2.38. The summed E-state index contributed by atoms with van der Waals surface area (Å²) in [5.74, 6) is 1.53. The van der Waals surface area contributed by atoms with Crippen LogP contribution in [-0.2, 0) is 16.0 Å². The lowest BCUT2D eigenvalue weighted by molar-refractivity contribution is -0.123. The van der Waals surface area contributed by atoms with Gasteiger partial charge in [0.1, 0.15) is 5.75 Å². The minimum absolute atomic E-state index is 0.0351. The molecule has 2 atom stereocenters. The largest absolute Gasteiger partial charge is 0.497 e. The van der Waals surface area contributed by atoms with Crippen LogP contribution >= 0.6 is 0 Å². The van der Waals surface area contributed by atoms with E-state index in [0.717, 1.165) is 24.2 Å². The Hall–Kier alpha value is -2.04. The zero-order valence-electron chi connectivity index (χ0n) is 13.2. The number of methoxy groups -OCH3 is 1. The van der Waals surface area contributed by atoms with Crippen molar-refractivity contribution in [2.45, 2.75) is 26.2 Å². The summed E-state index contributed by atoms with van der Waals surface area (Å²) in [4.78, 5) is 23.3. The van der Waals surface area contributed by atoms with Gasteiger partial charge in [-0.1, -0.05) is 19.1 Å². The van der Waals surface area contributed by atoms with Gasteiger partial charge < -0.3 is 15.4 Å². The fraction of sp³-hybridized carbons (Fsp3) is 0.529. The van der Waals surface area contributed by atoms with Crippen LogP contribution in [-0.4, -0.2) is 32.0 Å².